The van der Waals surface area contributed by atoms with Crippen LogP contribution in [0.25, 0.3) is 5.57 Å². The van der Waals surface area contributed by atoms with Crippen LogP contribution in [0.5, 0.6) is 0 Å². The summed E-state index contributed by atoms with van der Waals surface area (Å²) >= 11 is 6.22. The highest BCUT2D eigenvalue weighted by atomic mass is 35.5. The van der Waals surface area contributed by atoms with Crippen molar-refractivity contribution in [2.75, 3.05) is 20.1 Å². The molecule has 33 heavy (non-hydrogen) atoms. The standard InChI is InChI=1S/C28H32ClN3O/c1-32(27(18-19-30)28(33)31-21-24-15-8-9-17-26(24)29)20-10-16-25(22-11-4-2-5-12-22)23-13-6-3-7-14-23/h2-9,11-17,27H,10,18-21,30H2,1H3,(H,31,33). The molecule has 0 aliphatic carbocycles. The summed E-state index contributed by atoms with van der Waals surface area (Å²) in [5.74, 6) is -0.0295. The largest absolute Gasteiger partial charge is 0.351 e. The molecule has 0 radical (unpaired) electrons. The third-order valence-electron chi connectivity index (χ3n) is 5.69. The summed E-state index contributed by atoms with van der Waals surface area (Å²) in [7, 11) is 1.98. The Kier molecular flexibility index (Phi) is 9.70. The number of nitrogens with one attached hydrogen (secondary N) is 1. The molecule has 0 aliphatic rings. The van der Waals surface area contributed by atoms with Gasteiger partial charge >= 0.3 is 0 Å². The smallest absolute Gasteiger partial charge is 0.237 e. The normalized spacial score (nSPS) is 11.8. The van der Waals surface area contributed by atoms with E-state index in [2.05, 4.69) is 64.8 Å². The molecular weight excluding hydrogens is 430 g/mol. The maximum Gasteiger partial charge on any atom is 0.237 e. The fraction of sp³-hybridized carbons (Fsp3) is 0.250. The molecule has 1 unspecified atom stereocenters. The van der Waals surface area contributed by atoms with Crippen molar-refractivity contribution < 1.29 is 4.79 Å². The van der Waals surface area contributed by atoms with Gasteiger partial charge in [-0.15, -0.1) is 0 Å². The highest BCUT2D eigenvalue weighted by Gasteiger charge is 2.22. The van der Waals surface area contributed by atoms with Crippen molar-refractivity contribution in [2.24, 2.45) is 5.73 Å². The molecule has 0 saturated carbocycles. The molecule has 3 N–H and O–H groups in total. The van der Waals surface area contributed by atoms with E-state index in [-0.39, 0.29) is 11.9 Å². The minimum Gasteiger partial charge on any atom is -0.351 e. The van der Waals surface area contributed by atoms with Crippen molar-refractivity contribution in [1.82, 2.24) is 10.2 Å². The first-order valence-corrected chi connectivity index (χ1v) is 11.7. The highest BCUT2D eigenvalue weighted by molar-refractivity contribution is 6.31. The average molecular weight is 462 g/mol. The zero-order valence-corrected chi connectivity index (χ0v) is 19.8. The number of nitrogens with two attached hydrogens (primary N) is 1. The van der Waals surface area contributed by atoms with Crippen LogP contribution in [0.3, 0.4) is 0 Å². The zero-order valence-electron chi connectivity index (χ0n) is 19.1. The van der Waals surface area contributed by atoms with Gasteiger partial charge in [0.2, 0.25) is 5.91 Å². The van der Waals surface area contributed by atoms with Crippen molar-refractivity contribution in [3.8, 4) is 0 Å². The monoisotopic (exact) mass is 461 g/mol. The lowest BCUT2D eigenvalue weighted by Crippen LogP contribution is -2.46. The number of carbonyl (C=O) groups is 1. The Morgan fingerprint density at radius 3 is 2.12 bits per heavy atom. The SMILES string of the molecule is CN(CCC=C(c1ccccc1)c1ccccc1)C(CCN)C(=O)NCc1ccccc1Cl. The van der Waals surface area contributed by atoms with Crippen LogP contribution in [0.2, 0.25) is 5.02 Å². The minimum absolute atomic E-state index is 0.0295. The Balaban J connectivity index is 1.66. The van der Waals surface area contributed by atoms with Gasteiger partial charge in [0, 0.05) is 18.1 Å². The van der Waals surface area contributed by atoms with Crippen LogP contribution >= 0.6 is 11.6 Å². The van der Waals surface area contributed by atoms with Gasteiger partial charge in [-0.25, -0.2) is 0 Å². The molecule has 3 aromatic rings. The van der Waals surface area contributed by atoms with Gasteiger partial charge in [0.05, 0.1) is 6.04 Å². The molecular formula is C28H32ClN3O. The van der Waals surface area contributed by atoms with Gasteiger partial charge < -0.3 is 11.1 Å². The Morgan fingerprint density at radius 2 is 1.55 bits per heavy atom. The number of benzene rings is 3. The summed E-state index contributed by atoms with van der Waals surface area (Å²) in [4.78, 5) is 15.0. The van der Waals surface area contributed by atoms with Crippen LogP contribution in [-0.4, -0.2) is 37.0 Å². The van der Waals surface area contributed by atoms with E-state index in [0.717, 1.165) is 18.5 Å². The first-order valence-electron chi connectivity index (χ1n) is 11.3. The summed E-state index contributed by atoms with van der Waals surface area (Å²) in [6.45, 7) is 1.59. The van der Waals surface area contributed by atoms with Crippen LogP contribution in [0.4, 0.5) is 0 Å². The number of halogens is 1. The number of carbonyl (C=O) groups excluding carboxylic acids is 1. The van der Waals surface area contributed by atoms with Gasteiger partial charge in [-0.2, -0.15) is 0 Å². The minimum atomic E-state index is -0.289. The molecule has 0 bridgehead atoms. The van der Waals surface area contributed by atoms with Crippen molar-refractivity contribution in [2.45, 2.75) is 25.4 Å². The van der Waals surface area contributed by atoms with Crippen LogP contribution in [-0.2, 0) is 11.3 Å². The molecule has 0 aliphatic heterocycles. The van der Waals surface area contributed by atoms with E-state index >= 15 is 0 Å². The van der Waals surface area contributed by atoms with Gasteiger partial charge in [-0.1, -0.05) is 96.5 Å². The quantitative estimate of drug-likeness (QED) is 0.416. The van der Waals surface area contributed by atoms with Crippen molar-refractivity contribution in [1.29, 1.82) is 0 Å². The van der Waals surface area contributed by atoms with Crippen molar-refractivity contribution in [3.63, 3.8) is 0 Å². The number of rotatable bonds is 11. The molecule has 0 spiro atoms. The molecule has 3 rings (SSSR count). The number of hydrogen-bond acceptors (Lipinski definition) is 3. The second kappa shape index (κ2) is 12.9. The molecule has 5 heteroatoms. The lowest BCUT2D eigenvalue weighted by Gasteiger charge is -2.26. The van der Waals surface area contributed by atoms with Gasteiger partial charge in [0.15, 0.2) is 0 Å². The summed E-state index contributed by atoms with van der Waals surface area (Å²) < 4.78 is 0. The summed E-state index contributed by atoms with van der Waals surface area (Å²) in [6.07, 6.45) is 3.66. The summed E-state index contributed by atoms with van der Waals surface area (Å²) in [5, 5.41) is 3.67. The molecule has 0 saturated heterocycles. The van der Waals surface area contributed by atoms with Crippen molar-refractivity contribution in [3.05, 3.63) is 113 Å². The molecule has 172 valence electrons. The molecule has 1 amide bonds. The topological polar surface area (TPSA) is 58.4 Å². The van der Waals surface area contributed by atoms with E-state index in [9.17, 15) is 4.79 Å². The predicted octanol–water partition coefficient (Wildman–Crippen LogP) is 5.13. The Labute approximate surface area is 202 Å². The van der Waals surface area contributed by atoms with Crippen LogP contribution in [0, 0.1) is 0 Å². The number of hydrogen-bond donors (Lipinski definition) is 2. The second-order valence-corrected chi connectivity index (χ2v) is 8.43. The zero-order chi connectivity index (χ0) is 23.5. The van der Waals surface area contributed by atoms with Gasteiger partial charge in [-0.3, -0.25) is 9.69 Å². The first kappa shape index (κ1) is 24.7. The molecule has 1 atom stereocenters. The summed E-state index contributed by atoms with van der Waals surface area (Å²) in [6, 6.07) is 28.0. The van der Waals surface area contributed by atoms with Crippen LogP contribution < -0.4 is 11.1 Å². The Bertz CT molecular complexity index is 996. The Morgan fingerprint density at radius 1 is 0.970 bits per heavy atom. The third kappa shape index (κ3) is 7.29. The molecule has 0 fully saturated rings. The third-order valence-corrected chi connectivity index (χ3v) is 6.05. The fourth-order valence-corrected chi connectivity index (χ4v) is 4.06. The number of amides is 1. The maximum atomic E-state index is 12.9. The van der Waals surface area contributed by atoms with E-state index in [1.54, 1.807) is 0 Å². The lowest BCUT2D eigenvalue weighted by atomic mass is 9.97. The molecule has 4 nitrogen and oxygen atoms in total. The average Bonchev–Trinajstić information content (AvgIpc) is 2.85. The fourth-order valence-electron chi connectivity index (χ4n) is 3.86. The Hall–Kier alpha value is -2.92. The van der Waals surface area contributed by atoms with E-state index in [4.69, 9.17) is 17.3 Å². The highest BCUT2D eigenvalue weighted by Crippen LogP contribution is 2.24. The van der Waals surface area contributed by atoms with Gasteiger partial charge in [0.1, 0.15) is 0 Å². The van der Waals surface area contributed by atoms with E-state index in [1.807, 2.05) is 43.4 Å². The van der Waals surface area contributed by atoms with Crippen LogP contribution in [0.15, 0.2) is 91.0 Å². The maximum absolute atomic E-state index is 12.9. The van der Waals surface area contributed by atoms with Gasteiger partial charge in [0.25, 0.3) is 0 Å². The van der Waals surface area contributed by atoms with E-state index in [1.165, 1.54) is 16.7 Å². The van der Waals surface area contributed by atoms with E-state index in [0.29, 0.717) is 24.5 Å². The lowest BCUT2D eigenvalue weighted by molar-refractivity contribution is -0.126. The summed E-state index contributed by atoms with van der Waals surface area (Å²) in [5.41, 5.74) is 10.3. The predicted molar refractivity (Wildman–Crippen MR) is 138 cm³/mol. The second-order valence-electron chi connectivity index (χ2n) is 8.02. The number of nitrogens with zero attached hydrogens (tertiary/aromatic N) is 1. The molecule has 3 aromatic carbocycles. The van der Waals surface area contributed by atoms with Crippen LogP contribution in [0.1, 0.15) is 29.5 Å². The van der Waals surface area contributed by atoms with Crippen molar-refractivity contribution >= 4 is 23.1 Å². The number of likely N-dealkylation sites (N-methyl/N-ethyl adjacent to an activating group) is 1. The first-order chi connectivity index (χ1) is 16.1. The van der Waals surface area contributed by atoms with Gasteiger partial charge in [-0.05, 0) is 54.8 Å². The van der Waals surface area contributed by atoms with E-state index < -0.39 is 0 Å². The molecule has 0 heterocycles. The molecule has 0 aromatic heterocycles.